The average molecular weight is 250 g/mol. The molecule has 5 heteroatoms. The number of rotatable bonds is 5. The van der Waals surface area contributed by atoms with Crippen molar-refractivity contribution in [2.24, 2.45) is 0 Å². The highest BCUT2D eigenvalue weighted by Gasteiger charge is 2.19. The third-order valence-electron chi connectivity index (χ3n) is 3.65. The van der Waals surface area contributed by atoms with Crippen LogP contribution in [0.3, 0.4) is 0 Å². The quantitative estimate of drug-likeness (QED) is 0.735. The van der Waals surface area contributed by atoms with Gasteiger partial charge in [0.25, 0.3) is 5.91 Å². The second-order valence-corrected chi connectivity index (χ2v) is 5.02. The molecule has 1 heterocycles. The number of H-pyrrole nitrogens is 1. The minimum atomic E-state index is -0.0912. The number of nitrogen functional groups attached to an aromatic ring is 1. The summed E-state index contributed by atoms with van der Waals surface area (Å²) in [5.41, 5.74) is 6.67. The fourth-order valence-electron chi connectivity index (χ4n) is 2.51. The molecule has 1 aliphatic carbocycles. The molecule has 4 N–H and O–H groups in total. The molecule has 0 aromatic carbocycles. The second-order valence-electron chi connectivity index (χ2n) is 5.02. The van der Waals surface area contributed by atoms with Crippen LogP contribution in [0.5, 0.6) is 0 Å². The van der Waals surface area contributed by atoms with Gasteiger partial charge in [-0.25, -0.2) is 0 Å². The zero-order chi connectivity index (χ0) is 13.0. The Labute approximate surface area is 108 Å². The number of nitrogens with zero attached hydrogens (tertiary/aromatic N) is 1. The van der Waals surface area contributed by atoms with Crippen LogP contribution in [0.4, 0.5) is 5.69 Å². The third-order valence-corrected chi connectivity index (χ3v) is 3.65. The van der Waals surface area contributed by atoms with Gasteiger partial charge in [-0.1, -0.05) is 12.8 Å². The van der Waals surface area contributed by atoms with E-state index in [2.05, 4.69) is 22.2 Å². The largest absolute Gasteiger partial charge is 0.397 e. The van der Waals surface area contributed by atoms with Gasteiger partial charge in [-0.3, -0.25) is 4.79 Å². The molecule has 0 bridgehead atoms. The maximum atomic E-state index is 11.7. The monoisotopic (exact) mass is 250 g/mol. The summed E-state index contributed by atoms with van der Waals surface area (Å²) < 4.78 is 0. The number of aromatic nitrogens is 1. The summed E-state index contributed by atoms with van der Waals surface area (Å²) in [7, 11) is 2.13. The van der Waals surface area contributed by atoms with Crippen LogP contribution >= 0.6 is 0 Å². The Morgan fingerprint density at radius 3 is 2.89 bits per heavy atom. The van der Waals surface area contributed by atoms with E-state index in [0.717, 1.165) is 6.54 Å². The van der Waals surface area contributed by atoms with Crippen molar-refractivity contribution in [3.63, 3.8) is 0 Å². The van der Waals surface area contributed by atoms with Crippen molar-refractivity contribution < 1.29 is 4.79 Å². The molecule has 1 aromatic rings. The summed E-state index contributed by atoms with van der Waals surface area (Å²) in [6.45, 7) is 1.57. The van der Waals surface area contributed by atoms with Crippen LogP contribution in [-0.4, -0.2) is 42.0 Å². The van der Waals surface area contributed by atoms with E-state index < -0.39 is 0 Å². The number of nitrogens with two attached hydrogens (primary N) is 1. The highest BCUT2D eigenvalue weighted by Crippen LogP contribution is 2.21. The van der Waals surface area contributed by atoms with Gasteiger partial charge in [0, 0.05) is 31.0 Å². The smallest absolute Gasteiger partial charge is 0.267 e. The number of aromatic amines is 1. The van der Waals surface area contributed by atoms with Crippen LogP contribution in [0, 0.1) is 0 Å². The summed E-state index contributed by atoms with van der Waals surface area (Å²) in [6.07, 6.45) is 6.88. The summed E-state index contributed by atoms with van der Waals surface area (Å²) in [5, 5.41) is 2.90. The zero-order valence-corrected chi connectivity index (χ0v) is 10.9. The van der Waals surface area contributed by atoms with E-state index in [4.69, 9.17) is 5.73 Å². The minimum absolute atomic E-state index is 0.0912. The fraction of sp³-hybridized carbons (Fsp3) is 0.615. The molecule has 1 fully saturated rings. The van der Waals surface area contributed by atoms with E-state index in [1.165, 1.54) is 25.7 Å². The molecule has 1 aliphatic rings. The van der Waals surface area contributed by atoms with Crippen molar-refractivity contribution in [3.8, 4) is 0 Å². The molecule has 1 saturated carbocycles. The molecule has 0 radical (unpaired) electrons. The molecule has 0 spiro atoms. The van der Waals surface area contributed by atoms with Crippen LogP contribution in [0.15, 0.2) is 12.3 Å². The van der Waals surface area contributed by atoms with E-state index >= 15 is 0 Å². The molecule has 0 aliphatic heterocycles. The van der Waals surface area contributed by atoms with Gasteiger partial charge in [-0.2, -0.15) is 0 Å². The van der Waals surface area contributed by atoms with Crippen LogP contribution in [0.2, 0.25) is 0 Å². The number of anilines is 1. The lowest BCUT2D eigenvalue weighted by molar-refractivity contribution is 0.0943. The molecule has 0 unspecified atom stereocenters. The topological polar surface area (TPSA) is 74.2 Å². The van der Waals surface area contributed by atoms with Crippen molar-refractivity contribution >= 4 is 11.6 Å². The van der Waals surface area contributed by atoms with Crippen molar-refractivity contribution in [1.29, 1.82) is 0 Å². The lowest BCUT2D eigenvalue weighted by atomic mass is 10.2. The number of hydrogen-bond donors (Lipinski definition) is 3. The SMILES string of the molecule is CN(CCNC(=O)c1cc(N)c[nH]1)C1CCCC1. The van der Waals surface area contributed by atoms with Gasteiger partial charge in [0.2, 0.25) is 0 Å². The summed E-state index contributed by atoms with van der Waals surface area (Å²) in [4.78, 5) is 16.9. The molecule has 100 valence electrons. The number of carbonyl (C=O) groups is 1. The van der Waals surface area contributed by atoms with E-state index in [1.807, 2.05) is 0 Å². The van der Waals surface area contributed by atoms with E-state index in [1.54, 1.807) is 12.3 Å². The van der Waals surface area contributed by atoms with Crippen molar-refractivity contribution in [1.82, 2.24) is 15.2 Å². The number of nitrogens with one attached hydrogen (secondary N) is 2. The molecular formula is C13H22N4O. The maximum Gasteiger partial charge on any atom is 0.267 e. The van der Waals surface area contributed by atoms with Crippen LogP contribution in [0.25, 0.3) is 0 Å². The summed E-state index contributed by atoms with van der Waals surface area (Å²) in [6, 6.07) is 2.35. The third kappa shape index (κ3) is 3.26. The first-order chi connectivity index (χ1) is 8.66. The first-order valence-electron chi connectivity index (χ1n) is 6.59. The predicted molar refractivity (Wildman–Crippen MR) is 72.4 cm³/mol. The Morgan fingerprint density at radius 1 is 1.56 bits per heavy atom. The first kappa shape index (κ1) is 13.0. The molecule has 0 saturated heterocycles. The fourth-order valence-corrected chi connectivity index (χ4v) is 2.51. The summed E-state index contributed by atoms with van der Waals surface area (Å²) in [5.74, 6) is -0.0912. The first-order valence-corrected chi connectivity index (χ1v) is 6.59. The number of likely N-dealkylation sites (N-methyl/N-ethyl adjacent to an activating group) is 1. The highest BCUT2D eigenvalue weighted by atomic mass is 16.1. The van der Waals surface area contributed by atoms with Gasteiger partial charge in [0.15, 0.2) is 0 Å². The zero-order valence-electron chi connectivity index (χ0n) is 10.9. The Bertz CT molecular complexity index is 395. The Morgan fingerprint density at radius 2 is 2.28 bits per heavy atom. The van der Waals surface area contributed by atoms with Crippen molar-refractivity contribution in [2.75, 3.05) is 25.9 Å². The Kier molecular flexibility index (Phi) is 4.25. The second kappa shape index (κ2) is 5.91. The van der Waals surface area contributed by atoms with Crippen molar-refractivity contribution in [2.45, 2.75) is 31.7 Å². The predicted octanol–water partition coefficient (Wildman–Crippen LogP) is 1.20. The molecule has 0 atom stereocenters. The van der Waals surface area contributed by atoms with Gasteiger partial charge >= 0.3 is 0 Å². The number of hydrogen-bond acceptors (Lipinski definition) is 3. The van der Waals surface area contributed by atoms with E-state index in [0.29, 0.717) is 24.0 Å². The molecule has 18 heavy (non-hydrogen) atoms. The lowest BCUT2D eigenvalue weighted by Gasteiger charge is -2.23. The van der Waals surface area contributed by atoms with Gasteiger partial charge in [0.05, 0.1) is 0 Å². The normalized spacial score (nSPS) is 16.3. The van der Waals surface area contributed by atoms with Gasteiger partial charge in [0.1, 0.15) is 5.69 Å². The Balaban J connectivity index is 1.70. The standard InChI is InChI=1S/C13H22N4O/c1-17(11-4-2-3-5-11)7-6-15-13(18)12-8-10(14)9-16-12/h8-9,11,16H,2-7,14H2,1H3,(H,15,18). The minimum Gasteiger partial charge on any atom is -0.397 e. The van der Waals surface area contributed by atoms with Crippen LogP contribution in [-0.2, 0) is 0 Å². The average Bonchev–Trinajstić information content (AvgIpc) is 2.99. The van der Waals surface area contributed by atoms with Crippen LogP contribution in [0.1, 0.15) is 36.2 Å². The van der Waals surface area contributed by atoms with Gasteiger partial charge in [-0.05, 0) is 26.0 Å². The molecule has 1 amide bonds. The summed E-state index contributed by atoms with van der Waals surface area (Å²) >= 11 is 0. The molecule has 1 aromatic heterocycles. The molecule has 5 nitrogen and oxygen atoms in total. The highest BCUT2D eigenvalue weighted by molar-refractivity contribution is 5.93. The van der Waals surface area contributed by atoms with Crippen molar-refractivity contribution in [3.05, 3.63) is 18.0 Å². The molecular weight excluding hydrogens is 228 g/mol. The van der Waals surface area contributed by atoms with E-state index in [-0.39, 0.29) is 5.91 Å². The maximum absolute atomic E-state index is 11.7. The molecule has 2 rings (SSSR count). The lowest BCUT2D eigenvalue weighted by Crippen LogP contribution is -2.37. The van der Waals surface area contributed by atoms with Gasteiger partial charge < -0.3 is 20.9 Å². The number of amides is 1. The van der Waals surface area contributed by atoms with E-state index in [9.17, 15) is 4.79 Å². The van der Waals surface area contributed by atoms with Crippen LogP contribution < -0.4 is 11.1 Å². The van der Waals surface area contributed by atoms with Gasteiger partial charge in [-0.15, -0.1) is 0 Å². The number of carbonyl (C=O) groups excluding carboxylic acids is 1. The Hall–Kier alpha value is -1.49.